The summed E-state index contributed by atoms with van der Waals surface area (Å²) in [6, 6.07) is 23.4. The predicted molar refractivity (Wildman–Crippen MR) is 135 cm³/mol. The molecule has 0 aliphatic rings. The Hall–Kier alpha value is -4.09. The van der Waals surface area contributed by atoms with E-state index >= 15 is 0 Å². The van der Waals surface area contributed by atoms with Crippen LogP contribution in [0.2, 0.25) is 5.02 Å². The normalized spacial score (nSPS) is 11.0. The molecule has 2 heterocycles. The van der Waals surface area contributed by atoms with Crippen LogP contribution >= 0.6 is 11.6 Å². The highest BCUT2D eigenvalue weighted by Crippen LogP contribution is 2.31. The Morgan fingerprint density at radius 2 is 1.65 bits per heavy atom. The summed E-state index contributed by atoms with van der Waals surface area (Å²) in [7, 11) is 0. The molecule has 0 saturated carbocycles. The zero-order valence-electron chi connectivity index (χ0n) is 18.5. The minimum atomic E-state index is -0.480. The van der Waals surface area contributed by atoms with Crippen LogP contribution in [-0.2, 0) is 0 Å². The van der Waals surface area contributed by atoms with E-state index in [1.54, 1.807) is 48.5 Å². The van der Waals surface area contributed by atoms with Crippen molar-refractivity contribution in [1.29, 1.82) is 0 Å². The molecule has 0 aliphatic carbocycles. The van der Waals surface area contributed by atoms with E-state index in [1.165, 1.54) is 5.56 Å². The fourth-order valence-corrected chi connectivity index (χ4v) is 4.05. The van der Waals surface area contributed by atoms with Crippen LogP contribution in [-0.4, -0.2) is 5.91 Å². The Morgan fingerprint density at radius 1 is 0.824 bits per heavy atom. The summed E-state index contributed by atoms with van der Waals surface area (Å²) in [4.78, 5) is 25.2. The summed E-state index contributed by atoms with van der Waals surface area (Å²) < 4.78 is 11.2. The van der Waals surface area contributed by atoms with Gasteiger partial charge in [0.15, 0.2) is 5.76 Å². The number of hydrogen-bond donors (Lipinski definition) is 1. The lowest BCUT2D eigenvalue weighted by Crippen LogP contribution is -2.11. The van der Waals surface area contributed by atoms with Gasteiger partial charge in [0.25, 0.3) is 5.91 Å². The predicted octanol–water partition coefficient (Wildman–Crippen LogP) is 7.24. The average Bonchev–Trinajstić information content (AvgIpc) is 3.31. The minimum Gasteiger partial charge on any atom is -0.451 e. The lowest BCUT2D eigenvalue weighted by atomic mass is 10.1. The molecule has 0 radical (unpaired) electrons. The molecule has 0 bridgehead atoms. The number of rotatable bonds is 4. The molecular weight excluding hydrogens is 450 g/mol. The second-order valence-corrected chi connectivity index (χ2v) is 8.50. The number of furan rings is 1. The second-order valence-electron chi connectivity index (χ2n) is 8.10. The third kappa shape index (κ3) is 4.14. The number of hydrogen-bond acceptors (Lipinski definition) is 4. The van der Waals surface area contributed by atoms with Crippen molar-refractivity contribution in [1.82, 2.24) is 0 Å². The van der Waals surface area contributed by atoms with Crippen molar-refractivity contribution in [2.45, 2.75) is 13.8 Å². The summed E-state index contributed by atoms with van der Waals surface area (Å²) >= 11 is 6.47. The molecule has 5 nitrogen and oxygen atoms in total. The number of carbonyl (C=O) groups excluding carboxylic acids is 1. The highest BCUT2D eigenvalue weighted by atomic mass is 35.5. The van der Waals surface area contributed by atoms with E-state index in [-0.39, 0.29) is 5.76 Å². The zero-order valence-corrected chi connectivity index (χ0v) is 19.3. The van der Waals surface area contributed by atoms with Gasteiger partial charge in [-0.3, -0.25) is 4.79 Å². The lowest BCUT2D eigenvalue weighted by molar-refractivity contribution is 0.0997. The van der Waals surface area contributed by atoms with E-state index in [9.17, 15) is 9.59 Å². The third-order valence-corrected chi connectivity index (χ3v) is 6.09. The van der Waals surface area contributed by atoms with Crippen LogP contribution in [0.25, 0.3) is 33.4 Å². The minimum absolute atomic E-state index is 0.184. The van der Waals surface area contributed by atoms with E-state index in [0.29, 0.717) is 33.2 Å². The van der Waals surface area contributed by atoms with Gasteiger partial charge in [0, 0.05) is 22.2 Å². The molecule has 5 aromatic rings. The molecular formula is C28H20ClNO4. The van der Waals surface area contributed by atoms with Crippen LogP contribution in [0.1, 0.15) is 21.7 Å². The number of amides is 1. The van der Waals surface area contributed by atoms with Gasteiger partial charge in [-0.2, -0.15) is 0 Å². The van der Waals surface area contributed by atoms with Gasteiger partial charge in [-0.1, -0.05) is 48.0 Å². The number of halogens is 1. The summed E-state index contributed by atoms with van der Waals surface area (Å²) in [5.41, 5.74) is 4.63. The number of nitrogens with one attached hydrogen (secondary N) is 1. The number of benzene rings is 3. The molecule has 1 N–H and O–H groups in total. The van der Waals surface area contributed by atoms with Crippen LogP contribution in [0.3, 0.4) is 0 Å². The molecule has 6 heteroatoms. The van der Waals surface area contributed by atoms with E-state index in [1.807, 2.05) is 44.2 Å². The Labute approximate surface area is 200 Å². The van der Waals surface area contributed by atoms with Crippen LogP contribution in [0.15, 0.2) is 92.5 Å². The van der Waals surface area contributed by atoms with E-state index in [4.69, 9.17) is 20.4 Å². The third-order valence-electron chi connectivity index (χ3n) is 5.78. The van der Waals surface area contributed by atoms with E-state index in [2.05, 4.69) is 5.32 Å². The van der Waals surface area contributed by atoms with Crippen molar-refractivity contribution in [3.05, 3.63) is 111 Å². The van der Waals surface area contributed by atoms with E-state index in [0.717, 1.165) is 16.5 Å². The molecule has 0 fully saturated rings. The zero-order chi connectivity index (χ0) is 23.8. The van der Waals surface area contributed by atoms with Gasteiger partial charge >= 0.3 is 5.63 Å². The Balaban J connectivity index is 1.38. The number of para-hydroxylation sites is 1. The standard InChI is InChI=1S/C28H20ClNO4/c1-16-7-8-19(13-17(16)2)25-11-12-26(33-25)27(31)30-20-9-10-21(23(29)15-20)22-14-18-5-3-4-6-24(18)34-28(22)32/h3-15H,1-2H3,(H,30,31). The van der Waals surface area contributed by atoms with Crippen LogP contribution in [0.4, 0.5) is 5.69 Å². The smallest absolute Gasteiger partial charge is 0.344 e. The summed E-state index contributed by atoms with van der Waals surface area (Å²) in [5.74, 6) is 0.400. The van der Waals surface area contributed by atoms with Gasteiger partial charge in [0.2, 0.25) is 0 Å². The van der Waals surface area contributed by atoms with Crippen LogP contribution in [0, 0.1) is 13.8 Å². The maximum absolute atomic E-state index is 12.7. The SMILES string of the molecule is Cc1ccc(-c2ccc(C(=O)Nc3ccc(-c4cc5ccccc5oc4=O)c(Cl)c3)o2)cc1C. The van der Waals surface area contributed by atoms with Crippen molar-refractivity contribution < 1.29 is 13.6 Å². The first-order valence-corrected chi connectivity index (χ1v) is 11.1. The van der Waals surface area contributed by atoms with Gasteiger partial charge in [-0.25, -0.2) is 4.79 Å². The maximum Gasteiger partial charge on any atom is 0.344 e. The molecule has 2 aromatic heterocycles. The van der Waals surface area contributed by atoms with Crippen molar-refractivity contribution in [3.8, 4) is 22.5 Å². The maximum atomic E-state index is 12.7. The van der Waals surface area contributed by atoms with Crippen molar-refractivity contribution in [2.24, 2.45) is 0 Å². The molecule has 168 valence electrons. The van der Waals surface area contributed by atoms with Crippen LogP contribution < -0.4 is 10.9 Å². The molecule has 0 atom stereocenters. The summed E-state index contributed by atoms with van der Waals surface area (Å²) in [6.45, 7) is 4.08. The lowest BCUT2D eigenvalue weighted by Gasteiger charge is -2.08. The number of fused-ring (bicyclic) bond motifs is 1. The molecule has 0 spiro atoms. The van der Waals surface area contributed by atoms with E-state index < -0.39 is 11.5 Å². The molecule has 0 unspecified atom stereocenters. The number of carbonyl (C=O) groups is 1. The second kappa shape index (κ2) is 8.69. The average molecular weight is 470 g/mol. The first kappa shape index (κ1) is 21.7. The fourth-order valence-electron chi connectivity index (χ4n) is 3.76. The van der Waals surface area contributed by atoms with Gasteiger partial charge in [0.1, 0.15) is 11.3 Å². The Bertz CT molecular complexity index is 1610. The Morgan fingerprint density at radius 3 is 2.44 bits per heavy atom. The summed E-state index contributed by atoms with van der Waals surface area (Å²) in [5, 5.41) is 3.90. The van der Waals surface area contributed by atoms with Gasteiger partial charge < -0.3 is 14.2 Å². The monoisotopic (exact) mass is 469 g/mol. The summed E-state index contributed by atoms with van der Waals surface area (Å²) in [6.07, 6.45) is 0. The molecule has 34 heavy (non-hydrogen) atoms. The Kier molecular flexibility index (Phi) is 5.56. The molecule has 1 amide bonds. The largest absolute Gasteiger partial charge is 0.451 e. The van der Waals surface area contributed by atoms with Crippen molar-refractivity contribution >= 4 is 34.2 Å². The van der Waals surface area contributed by atoms with Crippen molar-refractivity contribution in [2.75, 3.05) is 5.32 Å². The number of anilines is 1. The van der Waals surface area contributed by atoms with Gasteiger partial charge in [-0.05, 0) is 67.4 Å². The highest BCUT2D eigenvalue weighted by molar-refractivity contribution is 6.33. The molecule has 3 aromatic carbocycles. The van der Waals surface area contributed by atoms with Gasteiger partial charge in [0.05, 0.1) is 10.6 Å². The fraction of sp³-hybridized carbons (Fsp3) is 0.0714. The molecule has 0 saturated heterocycles. The van der Waals surface area contributed by atoms with Crippen molar-refractivity contribution in [3.63, 3.8) is 0 Å². The number of aryl methyl sites for hydroxylation is 2. The highest BCUT2D eigenvalue weighted by Gasteiger charge is 2.15. The van der Waals surface area contributed by atoms with Crippen LogP contribution in [0.5, 0.6) is 0 Å². The molecule has 0 aliphatic heterocycles. The first-order chi connectivity index (χ1) is 16.4. The first-order valence-electron chi connectivity index (χ1n) is 10.7. The molecule has 5 rings (SSSR count). The topological polar surface area (TPSA) is 72.5 Å². The quantitative estimate of drug-likeness (QED) is 0.281. The van der Waals surface area contributed by atoms with Gasteiger partial charge in [-0.15, -0.1) is 0 Å².